The monoisotopic (exact) mass is 249 g/mol. The summed E-state index contributed by atoms with van der Waals surface area (Å²) in [6, 6.07) is 5.65. The summed E-state index contributed by atoms with van der Waals surface area (Å²) >= 11 is 0. The normalized spacial score (nSPS) is 14.5. The van der Waals surface area contributed by atoms with E-state index < -0.39 is 11.4 Å². The van der Waals surface area contributed by atoms with Gasteiger partial charge in [0.25, 0.3) is 0 Å². The second-order valence-electron chi connectivity index (χ2n) is 5.22. The molecule has 100 valence electrons. The van der Waals surface area contributed by atoms with Crippen LogP contribution in [0.5, 0.6) is 0 Å². The van der Waals surface area contributed by atoms with Crippen LogP contribution in [0.3, 0.4) is 0 Å². The number of anilines is 1. The summed E-state index contributed by atoms with van der Waals surface area (Å²) in [6.07, 6.45) is 1.42. The Labute approximate surface area is 109 Å². The van der Waals surface area contributed by atoms with Crippen molar-refractivity contribution in [1.82, 2.24) is 0 Å². The Morgan fingerprint density at radius 2 is 2.06 bits per heavy atom. The lowest BCUT2D eigenvalue weighted by Gasteiger charge is -2.35. The van der Waals surface area contributed by atoms with Crippen LogP contribution in [0.15, 0.2) is 18.2 Å². The van der Waals surface area contributed by atoms with Crippen LogP contribution in [0.2, 0.25) is 0 Å². The number of hydrogen-bond acceptors (Lipinski definition) is 2. The van der Waals surface area contributed by atoms with Crippen molar-refractivity contribution in [1.29, 1.82) is 0 Å². The van der Waals surface area contributed by atoms with Gasteiger partial charge in [-0.3, -0.25) is 4.79 Å². The third-order valence-electron chi connectivity index (χ3n) is 3.82. The molecule has 1 unspecified atom stereocenters. The fraction of sp³-hybridized carbons (Fsp3) is 0.533. The second-order valence-corrected chi connectivity index (χ2v) is 5.22. The molecule has 1 atom stereocenters. The van der Waals surface area contributed by atoms with Gasteiger partial charge in [-0.05, 0) is 30.4 Å². The van der Waals surface area contributed by atoms with Crippen molar-refractivity contribution in [3.63, 3.8) is 0 Å². The Balaban J connectivity index is 3.51. The number of nitrogens with two attached hydrogens (primary N) is 1. The number of carbonyl (C=O) groups is 1. The van der Waals surface area contributed by atoms with Crippen LogP contribution in [0.1, 0.15) is 44.7 Å². The minimum atomic E-state index is -0.884. The molecule has 0 heterocycles. The predicted molar refractivity (Wildman–Crippen MR) is 74.7 cm³/mol. The molecule has 0 amide bonds. The highest BCUT2D eigenvalue weighted by Gasteiger charge is 2.43. The molecule has 0 fully saturated rings. The third kappa shape index (κ3) is 2.22. The smallest absolute Gasteiger partial charge is 0.314 e. The average Bonchev–Trinajstić information content (AvgIpc) is 2.29. The summed E-state index contributed by atoms with van der Waals surface area (Å²) in [7, 11) is 0. The Hall–Kier alpha value is -1.51. The molecule has 0 aliphatic carbocycles. The maximum absolute atomic E-state index is 11.9. The van der Waals surface area contributed by atoms with Crippen LogP contribution in [0.25, 0.3) is 0 Å². The zero-order chi connectivity index (χ0) is 13.9. The van der Waals surface area contributed by atoms with Crippen LogP contribution < -0.4 is 5.73 Å². The molecule has 1 aromatic carbocycles. The van der Waals surface area contributed by atoms with E-state index in [1.807, 2.05) is 45.9 Å². The van der Waals surface area contributed by atoms with Crippen molar-refractivity contribution in [2.45, 2.75) is 46.0 Å². The van der Waals surface area contributed by atoms with Crippen LogP contribution in [0.4, 0.5) is 5.69 Å². The second kappa shape index (κ2) is 5.42. The lowest BCUT2D eigenvalue weighted by molar-refractivity contribution is -0.146. The largest absolute Gasteiger partial charge is 0.481 e. The molecule has 0 bridgehead atoms. The highest BCUT2D eigenvalue weighted by molar-refractivity contribution is 5.84. The van der Waals surface area contributed by atoms with Crippen molar-refractivity contribution in [3.8, 4) is 0 Å². The number of hydrogen-bond donors (Lipinski definition) is 2. The summed E-state index contributed by atoms with van der Waals surface area (Å²) < 4.78 is 0. The molecule has 0 saturated carbocycles. The topological polar surface area (TPSA) is 63.3 Å². The van der Waals surface area contributed by atoms with E-state index in [4.69, 9.17) is 5.73 Å². The minimum Gasteiger partial charge on any atom is -0.481 e. The molecular weight excluding hydrogens is 226 g/mol. The first-order chi connectivity index (χ1) is 8.37. The van der Waals surface area contributed by atoms with E-state index in [1.54, 1.807) is 0 Å². The molecule has 18 heavy (non-hydrogen) atoms. The predicted octanol–water partition coefficient (Wildman–Crippen LogP) is 3.36. The average molecular weight is 249 g/mol. The minimum absolute atomic E-state index is 0.000880. The standard InChI is InChI=1S/C15H23NO2/c1-5-9-15(10(2)3,14(17)18)12-8-6-7-11(4)13(12)16/h6-8,10H,5,9,16H2,1-4H3,(H,17,18). The van der Waals surface area contributed by atoms with Gasteiger partial charge in [-0.2, -0.15) is 0 Å². The number of carboxylic acid groups (broad SMARTS) is 1. The van der Waals surface area contributed by atoms with Crippen LogP contribution in [-0.4, -0.2) is 11.1 Å². The van der Waals surface area contributed by atoms with Gasteiger partial charge in [0.2, 0.25) is 0 Å². The fourth-order valence-electron chi connectivity index (χ4n) is 2.67. The van der Waals surface area contributed by atoms with Gasteiger partial charge in [0.15, 0.2) is 0 Å². The molecule has 0 aliphatic heterocycles. The SMILES string of the molecule is CCCC(C(=O)O)(c1cccc(C)c1N)C(C)C. The summed E-state index contributed by atoms with van der Waals surface area (Å²) in [5, 5.41) is 9.74. The number of rotatable bonds is 5. The maximum Gasteiger partial charge on any atom is 0.314 e. The lowest BCUT2D eigenvalue weighted by Crippen LogP contribution is -2.41. The van der Waals surface area contributed by atoms with E-state index in [0.717, 1.165) is 17.5 Å². The van der Waals surface area contributed by atoms with Gasteiger partial charge in [-0.1, -0.05) is 45.4 Å². The lowest BCUT2D eigenvalue weighted by atomic mass is 9.68. The molecule has 0 aliphatic rings. The fourth-order valence-corrected chi connectivity index (χ4v) is 2.67. The highest BCUT2D eigenvalue weighted by atomic mass is 16.4. The van der Waals surface area contributed by atoms with Gasteiger partial charge in [0.1, 0.15) is 0 Å². The summed E-state index contributed by atoms with van der Waals surface area (Å²) in [6.45, 7) is 7.82. The summed E-state index contributed by atoms with van der Waals surface area (Å²) in [5.74, 6) is -0.782. The molecule has 0 aromatic heterocycles. The highest BCUT2D eigenvalue weighted by Crippen LogP contribution is 2.41. The Morgan fingerprint density at radius 1 is 1.44 bits per heavy atom. The van der Waals surface area contributed by atoms with Crippen molar-refractivity contribution in [2.75, 3.05) is 5.73 Å². The van der Waals surface area contributed by atoms with Gasteiger partial charge < -0.3 is 10.8 Å². The number of para-hydroxylation sites is 1. The molecule has 3 heteroatoms. The van der Waals surface area contributed by atoms with E-state index >= 15 is 0 Å². The van der Waals surface area contributed by atoms with Gasteiger partial charge in [-0.25, -0.2) is 0 Å². The van der Waals surface area contributed by atoms with Crippen LogP contribution >= 0.6 is 0 Å². The molecular formula is C15H23NO2. The first kappa shape index (κ1) is 14.6. The number of aliphatic carboxylic acids is 1. The zero-order valence-corrected chi connectivity index (χ0v) is 11.7. The Kier molecular flexibility index (Phi) is 4.38. The summed E-state index contributed by atoms with van der Waals surface area (Å²) in [5.41, 5.74) is 7.54. The van der Waals surface area contributed by atoms with Crippen molar-refractivity contribution < 1.29 is 9.90 Å². The number of aryl methyl sites for hydroxylation is 1. The molecule has 0 radical (unpaired) electrons. The van der Waals surface area contributed by atoms with Crippen LogP contribution in [-0.2, 0) is 10.2 Å². The number of nitrogen functional groups attached to an aromatic ring is 1. The van der Waals surface area contributed by atoms with Crippen molar-refractivity contribution in [2.24, 2.45) is 5.92 Å². The van der Waals surface area contributed by atoms with Gasteiger partial charge in [-0.15, -0.1) is 0 Å². The molecule has 1 rings (SSSR count). The van der Waals surface area contributed by atoms with E-state index in [0.29, 0.717) is 12.1 Å². The van der Waals surface area contributed by atoms with Gasteiger partial charge >= 0.3 is 5.97 Å². The van der Waals surface area contributed by atoms with Gasteiger partial charge in [0, 0.05) is 5.69 Å². The first-order valence-electron chi connectivity index (χ1n) is 6.46. The van der Waals surface area contributed by atoms with E-state index in [9.17, 15) is 9.90 Å². The molecule has 0 saturated heterocycles. The van der Waals surface area contributed by atoms with Crippen LogP contribution in [0, 0.1) is 12.8 Å². The molecule has 3 N–H and O–H groups in total. The van der Waals surface area contributed by atoms with E-state index in [-0.39, 0.29) is 5.92 Å². The van der Waals surface area contributed by atoms with Gasteiger partial charge in [0.05, 0.1) is 5.41 Å². The quantitative estimate of drug-likeness (QED) is 0.786. The summed E-state index contributed by atoms with van der Waals surface area (Å²) in [4.78, 5) is 11.9. The Bertz CT molecular complexity index is 440. The van der Waals surface area contributed by atoms with E-state index in [1.165, 1.54) is 0 Å². The first-order valence-corrected chi connectivity index (χ1v) is 6.46. The molecule has 3 nitrogen and oxygen atoms in total. The molecule has 1 aromatic rings. The van der Waals surface area contributed by atoms with Crippen molar-refractivity contribution >= 4 is 11.7 Å². The zero-order valence-electron chi connectivity index (χ0n) is 11.7. The number of carboxylic acids is 1. The van der Waals surface area contributed by atoms with E-state index in [2.05, 4.69) is 0 Å². The molecule has 0 spiro atoms. The maximum atomic E-state index is 11.9. The Morgan fingerprint density at radius 3 is 2.50 bits per heavy atom. The third-order valence-corrected chi connectivity index (χ3v) is 3.82. The number of benzene rings is 1. The van der Waals surface area contributed by atoms with Crippen molar-refractivity contribution in [3.05, 3.63) is 29.3 Å².